The zero-order chi connectivity index (χ0) is 23.1. The van der Waals surface area contributed by atoms with Crippen LogP contribution in [0.3, 0.4) is 0 Å². The Bertz CT molecular complexity index is 1250. The molecule has 6 nitrogen and oxygen atoms in total. The smallest absolute Gasteiger partial charge is 0.360 e. The molecule has 4 rings (SSSR count). The van der Waals surface area contributed by atoms with Crippen molar-refractivity contribution in [3.63, 3.8) is 0 Å². The van der Waals surface area contributed by atoms with E-state index in [1.165, 1.54) is 23.7 Å². The average Bonchev–Trinajstić information content (AvgIpc) is 3.43. The molecule has 0 saturated heterocycles. The molecule has 1 aromatic carbocycles. The highest BCUT2D eigenvalue weighted by atomic mass is 32.2. The van der Waals surface area contributed by atoms with Gasteiger partial charge in [0.2, 0.25) is 5.13 Å². The Kier molecular flexibility index (Phi) is 6.15. The topological polar surface area (TPSA) is 84.8 Å². The monoisotopic (exact) mass is 484 g/mol. The molecule has 0 spiro atoms. The summed E-state index contributed by atoms with van der Waals surface area (Å²) in [6.45, 7) is 2.31. The van der Waals surface area contributed by atoms with Crippen LogP contribution in [0.5, 0.6) is 0 Å². The largest absolute Gasteiger partial charge is 0.418 e. The van der Waals surface area contributed by atoms with Crippen LogP contribution in [0.25, 0.3) is 21.6 Å². The SMILES string of the molecule is Cc1cc(-c2nnc(NCCCCS(C)(=O)=O)s2)nc2c(C(F)(F)F)cc(C3CC3)cc12. The highest BCUT2D eigenvalue weighted by Gasteiger charge is 2.36. The fourth-order valence-electron chi connectivity index (χ4n) is 3.57. The number of halogens is 3. The second-order valence-electron chi connectivity index (χ2n) is 8.24. The van der Waals surface area contributed by atoms with Crippen molar-refractivity contribution < 1.29 is 21.6 Å². The van der Waals surface area contributed by atoms with Gasteiger partial charge in [-0.05, 0) is 67.9 Å². The lowest BCUT2D eigenvalue weighted by molar-refractivity contribution is -0.136. The molecular formula is C21H23F3N4O2S2. The van der Waals surface area contributed by atoms with E-state index in [0.29, 0.717) is 46.2 Å². The number of anilines is 1. The second-order valence-corrected chi connectivity index (χ2v) is 11.5. The van der Waals surface area contributed by atoms with Gasteiger partial charge in [0, 0.05) is 23.9 Å². The lowest BCUT2D eigenvalue weighted by Gasteiger charge is -2.14. The summed E-state index contributed by atoms with van der Waals surface area (Å²) in [5, 5.41) is 12.7. The van der Waals surface area contributed by atoms with Crippen molar-refractivity contribution in [2.24, 2.45) is 0 Å². The normalized spacial score (nSPS) is 14.8. The van der Waals surface area contributed by atoms with E-state index >= 15 is 0 Å². The molecule has 11 heteroatoms. The number of fused-ring (bicyclic) bond motifs is 1. The van der Waals surface area contributed by atoms with Gasteiger partial charge in [-0.3, -0.25) is 0 Å². The predicted octanol–water partition coefficient (Wildman–Crippen LogP) is 5.19. The number of benzene rings is 1. The van der Waals surface area contributed by atoms with Crippen LogP contribution in [0.2, 0.25) is 0 Å². The number of aromatic nitrogens is 3. The van der Waals surface area contributed by atoms with Gasteiger partial charge in [-0.2, -0.15) is 13.2 Å². The van der Waals surface area contributed by atoms with Gasteiger partial charge in [-0.1, -0.05) is 11.3 Å². The van der Waals surface area contributed by atoms with Gasteiger partial charge in [0.25, 0.3) is 0 Å². The summed E-state index contributed by atoms with van der Waals surface area (Å²) >= 11 is 1.20. The molecule has 1 aliphatic rings. The number of alkyl halides is 3. The Morgan fingerprint density at radius 3 is 2.56 bits per heavy atom. The molecule has 2 heterocycles. The molecule has 1 saturated carbocycles. The maximum absolute atomic E-state index is 13.8. The number of pyridine rings is 1. The first-order valence-electron chi connectivity index (χ1n) is 10.3. The Morgan fingerprint density at radius 1 is 1.16 bits per heavy atom. The lowest BCUT2D eigenvalue weighted by Crippen LogP contribution is -2.08. The molecular weight excluding hydrogens is 461 g/mol. The Hall–Kier alpha value is -2.27. The summed E-state index contributed by atoms with van der Waals surface area (Å²) in [4.78, 5) is 4.34. The number of unbranched alkanes of at least 4 members (excludes halogenated alkanes) is 1. The van der Waals surface area contributed by atoms with Gasteiger partial charge in [-0.25, -0.2) is 13.4 Å². The highest BCUT2D eigenvalue weighted by molar-refractivity contribution is 7.90. The molecule has 0 atom stereocenters. The van der Waals surface area contributed by atoms with Crippen LogP contribution in [-0.2, 0) is 16.0 Å². The maximum atomic E-state index is 13.8. The Balaban J connectivity index is 1.58. The molecule has 1 aliphatic carbocycles. The summed E-state index contributed by atoms with van der Waals surface area (Å²) in [6.07, 6.45) is -0.280. The van der Waals surface area contributed by atoms with Gasteiger partial charge in [0.1, 0.15) is 15.5 Å². The minimum absolute atomic E-state index is 0.0672. The van der Waals surface area contributed by atoms with Crippen molar-refractivity contribution in [2.45, 2.75) is 44.7 Å². The molecule has 172 valence electrons. The van der Waals surface area contributed by atoms with Crippen LogP contribution < -0.4 is 5.32 Å². The van der Waals surface area contributed by atoms with E-state index in [9.17, 15) is 21.6 Å². The van der Waals surface area contributed by atoms with Crippen LogP contribution in [0.4, 0.5) is 18.3 Å². The van der Waals surface area contributed by atoms with Gasteiger partial charge in [-0.15, -0.1) is 10.2 Å². The average molecular weight is 485 g/mol. The van der Waals surface area contributed by atoms with E-state index in [0.717, 1.165) is 18.4 Å². The van der Waals surface area contributed by atoms with E-state index in [1.807, 2.05) is 6.07 Å². The summed E-state index contributed by atoms with van der Waals surface area (Å²) in [5.74, 6) is 0.328. The lowest BCUT2D eigenvalue weighted by atomic mass is 9.98. The molecule has 0 unspecified atom stereocenters. The van der Waals surface area contributed by atoms with E-state index in [-0.39, 0.29) is 17.2 Å². The first-order chi connectivity index (χ1) is 15.0. The van der Waals surface area contributed by atoms with E-state index in [2.05, 4.69) is 20.5 Å². The third kappa shape index (κ3) is 5.37. The number of nitrogens with zero attached hydrogens (tertiary/aromatic N) is 3. The van der Waals surface area contributed by atoms with E-state index in [1.54, 1.807) is 13.0 Å². The molecule has 2 aromatic heterocycles. The van der Waals surface area contributed by atoms with Gasteiger partial charge < -0.3 is 5.32 Å². The maximum Gasteiger partial charge on any atom is 0.418 e. The quantitative estimate of drug-likeness (QED) is 0.443. The number of rotatable bonds is 8. The fourth-order valence-corrected chi connectivity index (χ4v) is 5.03. The van der Waals surface area contributed by atoms with Gasteiger partial charge >= 0.3 is 6.18 Å². The van der Waals surface area contributed by atoms with Crippen LogP contribution in [0, 0.1) is 6.92 Å². The molecule has 0 bridgehead atoms. The first kappa shape index (κ1) is 22.9. The molecule has 3 aromatic rings. The van der Waals surface area contributed by atoms with Crippen LogP contribution in [0.15, 0.2) is 18.2 Å². The minimum atomic E-state index is -4.50. The zero-order valence-electron chi connectivity index (χ0n) is 17.7. The minimum Gasteiger partial charge on any atom is -0.360 e. The zero-order valence-corrected chi connectivity index (χ0v) is 19.3. The third-order valence-electron chi connectivity index (χ3n) is 5.36. The first-order valence-corrected chi connectivity index (χ1v) is 13.2. The summed E-state index contributed by atoms with van der Waals surface area (Å²) in [7, 11) is -2.98. The Labute approximate surface area is 188 Å². The second kappa shape index (κ2) is 8.58. The van der Waals surface area contributed by atoms with Crippen LogP contribution >= 0.6 is 11.3 Å². The standard InChI is InChI=1S/C21H23F3N4O2S2/c1-12-9-17(19-27-28-20(31-19)25-7-3-4-8-32(2,29)30)26-18-15(12)10-14(13-5-6-13)11-16(18)21(22,23)24/h9-11,13H,3-8H2,1-2H3,(H,25,28). The third-order valence-corrected chi connectivity index (χ3v) is 7.29. The molecule has 0 radical (unpaired) electrons. The van der Waals surface area contributed by atoms with Crippen molar-refractivity contribution in [1.82, 2.24) is 15.2 Å². The van der Waals surface area contributed by atoms with Crippen molar-refractivity contribution in [3.8, 4) is 10.7 Å². The number of hydrogen-bond donors (Lipinski definition) is 1. The number of aryl methyl sites for hydroxylation is 1. The van der Waals surface area contributed by atoms with Gasteiger partial charge in [0.05, 0.1) is 11.1 Å². The van der Waals surface area contributed by atoms with Gasteiger partial charge in [0.15, 0.2) is 5.01 Å². The molecule has 1 N–H and O–H groups in total. The molecule has 0 aliphatic heterocycles. The molecule has 1 fully saturated rings. The Morgan fingerprint density at radius 2 is 1.91 bits per heavy atom. The van der Waals surface area contributed by atoms with Crippen LogP contribution in [0.1, 0.15) is 48.3 Å². The molecule has 32 heavy (non-hydrogen) atoms. The van der Waals surface area contributed by atoms with E-state index < -0.39 is 21.6 Å². The summed E-state index contributed by atoms with van der Waals surface area (Å²) in [6, 6.07) is 4.81. The number of nitrogens with one attached hydrogen (secondary N) is 1. The highest BCUT2D eigenvalue weighted by Crippen LogP contribution is 2.45. The van der Waals surface area contributed by atoms with E-state index in [4.69, 9.17) is 0 Å². The van der Waals surface area contributed by atoms with Crippen molar-refractivity contribution in [2.75, 3.05) is 23.9 Å². The number of sulfone groups is 1. The summed E-state index contributed by atoms with van der Waals surface area (Å²) < 4.78 is 63.8. The van der Waals surface area contributed by atoms with Crippen molar-refractivity contribution in [1.29, 1.82) is 0 Å². The van der Waals surface area contributed by atoms with Crippen molar-refractivity contribution in [3.05, 3.63) is 34.9 Å². The van der Waals surface area contributed by atoms with Crippen molar-refractivity contribution >= 4 is 37.2 Å². The predicted molar refractivity (Wildman–Crippen MR) is 120 cm³/mol. The fraction of sp³-hybridized carbons (Fsp3) is 0.476. The molecule has 0 amide bonds. The summed E-state index contributed by atoms with van der Waals surface area (Å²) in [5.41, 5.74) is 1.00. The number of hydrogen-bond acceptors (Lipinski definition) is 7. The van der Waals surface area contributed by atoms with Crippen LogP contribution in [-0.4, -0.2) is 42.2 Å².